The lowest BCUT2D eigenvalue weighted by atomic mass is 9.91. The second kappa shape index (κ2) is 7.00. The molecule has 0 unspecified atom stereocenters. The molecule has 0 radical (unpaired) electrons. The summed E-state index contributed by atoms with van der Waals surface area (Å²) in [5, 5.41) is 21.6. The van der Waals surface area contributed by atoms with Crippen molar-refractivity contribution in [2.24, 2.45) is 0 Å². The number of rotatable bonds is 4. The smallest absolute Gasteiger partial charge is 0.104 e. The van der Waals surface area contributed by atoms with Gasteiger partial charge >= 0.3 is 0 Å². The minimum absolute atomic E-state index is 0.731. The molecule has 3 rings (SSSR count). The maximum absolute atomic E-state index is 10.8. The lowest BCUT2D eigenvalue weighted by Gasteiger charge is -2.20. The van der Waals surface area contributed by atoms with E-state index in [1.165, 1.54) is 0 Å². The number of benzene rings is 3. The Balaban J connectivity index is 1.98. The molecule has 0 saturated heterocycles. The number of hydrogen-bond donors (Lipinski definition) is 2. The van der Waals surface area contributed by atoms with Crippen LogP contribution in [0.2, 0.25) is 0 Å². The van der Waals surface area contributed by atoms with Crippen LogP contribution in [0.15, 0.2) is 72.8 Å². The zero-order valence-corrected chi connectivity index (χ0v) is 14.0. The molecular weight excluding hydrogens is 296 g/mol. The fraction of sp³-hybridized carbons (Fsp3) is 0.182. The van der Waals surface area contributed by atoms with Gasteiger partial charge in [0, 0.05) is 0 Å². The zero-order chi connectivity index (χ0) is 17.1. The lowest BCUT2D eigenvalue weighted by molar-refractivity contribution is 0.197. The maximum atomic E-state index is 10.8. The maximum Gasteiger partial charge on any atom is 0.104 e. The van der Waals surface area contributed by atoms with Gasteiger partial charge in [0.1, 0.15) is 12.2 Å². The van der Waals surface area contributed by atoms with Crippen molar-refractivity contribution in [2.75, 3.05) is 0 Å². The molecule has 3 aromatic carbocycles. The lowest BCUT2D eigenvalue weighted by Crippen LogP contribution is -2.08. The monoisotopic (exact) mass is 318 g/mol. The molecular formula is C22H22O2. The van der Waals surface area contributed by atoms with E-state index in [2.05, 4.69) is 0 Å². The van der Waals surface area contributed by atoms with Crippen LogP contribution in [0.1, 0.15) is 45.6 Å². The Morgan fingerprint density at radius 2 is 0.875 bits per heavy atom. The molecule has 0 saturated carbocycles. The molecule has 0 aliphatic carbocycles. The van der Waals surface area contributed by atoms with Crippen molar-refractivity contribution >= 4 is 0 Å². The van der Waals surface area contributed by atoms with Crippen LogP contribution in [0, 0.1) is 13.8 Å². The van der Waals surface area contributed by atoms with Gasteiger partial charge in [0.2, 0.25) is 0 Å². The highest BCUT2D eigenvalue weighted by atomic mass is 16.3. The Hall–Kier alpha value is -2.42. The number of hydrogen-bond acceptors (Lipinski definition) is 2. The van der Waals surface area contributed by atoms with Crippen LogP contribution in [0.5, 0.6) is 0 Å². The molecule has 24 heavy (non-hydrogen) atoms. The first-order valence-electron chi connectivity index (χ1n) is 8.14. The topological polar surface area (TPSA) is 40.5 Å². The molecule has 0 aliphatic rings. The quantitative estimate of drug-likeness (QED) is 0.745. The van der Waals surface area contributed by atoms with Crippen LogP contribution >= 0.6 is 0 Å². The molecule has 0 aliphatic heterocycles. The van der Waals surface area contributed by atoms with E-state index in [-0.39, 0.29) is 0 Å². The summed E-state index contributed by atoms with van der Waals surface area (Å²) in [7, 11) is 0. The van der Waals surface area contributed by atoms with E-state index in [1.807, 2.05) is 86.6 Å². The van der Waals surface area contributed by atoms with Crippen LogP contribution < -0.4 is 0 Å². The fourth-order valence-corrected chi connectivity index (χ4v) is 2.87. The van der Waals surface area contributed by atoms with Crippen molar-refractivity contribution in [1.29, 1.82) is 0 Å². The first-order chi connectivity index (χ1) is 11.6. The first kappa shape index (κ1) is 16.4. The van der Waals surface area contributed by atoms with Crippen LogP contribution in [0.4, 0.5) is 0 Å². The Morgan fingerprint density at radius 1 is 0.542 bits per heavy atom. The van der Waals surface area contributed by atoms with Crippen molar-refractivity contribution in [3.63, 3.8) is 0 Å². The highest BCUT2D eigenvalue weighted by Crippen LogP contribution is 2.31. The normalized spacial score (nSPS) is 13.5. The minimum atomic E-state index is -0.762. The first-order valence-corrected chi connectivity index (χ1v) is 8.14. The highest BCUT2D eigenvalue weighted by molar-refractivity contribution is 5.41. The Bertz CT molecular complexity index is 734. The van der Waals surface area contributed by atoms with E-state index >= 15 is 0 Å². The van der Waals surface area contributed by atoms with Gasteiger partial charge in [-0.1, -0.05) is 83.9 Å². The average molecular weight is 318 g/mol. The van der Waals surface area contributed by atoms with Gasteiger partial charge in [-0.25, -0.2) is 0 Å². The summed E-state index contributed by atoms with van der Waals surface area (Å²) >= 11 is 0. The third kappa shape index (κ3) is 3.40. The summed E-state index contributed by atoms with van der Waals surface area (Å²) in [5.41, 5.74) is 5.41. The summed E-state index contributed by atoms with van der Waals surface area (Å²) in [5.74, 6) is 0. The van der Waals surface area contributed by atoms with Crippen LogP contribution in [-0.2, 0) is 0 Å². The molecule has 2 atom stereocenters. The van der Waals surface area contributed by atoms with Crippen molar-refractivity contribution in [3.05, 3.63) is 106 Å². The van der Waals surface area contributed by atoms with E-state index < -0.39 is 12.2 Å². The molecule has 2 heteroatoms. The van der Waals surface area contributed by atoms with Gasteiger partial charge in [0.15, 0.2) is 0 Å². The fourth-order valence-electron chi connectivity index (χ4n) is 2.87. The van der Waals surface area contributed by atoms with Gasteiger partial charge in [-0.05, 0) is 36.1 Å². The summed E-state index contributed by atoms with van der Waals surface area (Å²) in [6.07, 6.45) is -1.52. The van der Waals surface area contributed by atoms with Crippen LogP contribution in [0.3, 0.4) is 0 Å². The molecule has 0 aromatic heterocycles. The van der Waals surface area contributed by atoms with Crippen molar-refractivity contribution in [3.8, 4) is 0 Å². The zero-order valence-electron chi connectivity index (χ0n) is 14.0. The third-order valence-electron chi connectivity index (χ3n) is 4.37. The highest BCUT2D eigenvalue weighted by Gasteiger charge is 2.20. The van der Waals surface area contributed by atoms with Gasteiger partial charge in [-0.2, -0.15) is 0 Å². The number of aliphatic hydroxyl groups is 2. The molecule has 2 nitrogen and oxygen atoms in total. The summed E-state index contributed by atoms with van der Waals surface area (Å²) in [4.78, 5) is 0. The molecule has 122 valence electrons. The van der Waals surface area contributed by atoms with Crippen molar-refractivity contribution < 1.29 is 10.2 Å². The predicted molar refractivity (Wildman–Crippen MR) is 96.9 cm³/mol. The summed E-state index contributed by atoms with van der Waals surface area (Å²) in [6.45, 7) is 4.04. The van der Waals surface area contributed by atoms with Crippen LogP contribution in [0.25, 0.3) is 0 Å². The summed E-state index contributed by atoms with van der Waals surface area (Å²) < 4.78 is 0. The van der Waals surface area contributed by atoms with E-state index in [0.717, 1.165) is 33.4 Å². The van der Waals surface area contributed by atoms with Gasteiger partial charge in [-0.15, -0.1) is 0 Å². The Labute approximate surface area is 143 Å². The molecule has 2 N–H and O–H groups in total. The van der Waals surface area contributed by atoms with E-state index in [0.29, 0.717) is 0 Å². The second-order valence-corrected chi connectivity index (χ2v) is 6.26. The van der Waals surface area contributed by atoms with E-state index in [9.17, 15) is 10.2 Å². The standard InChI is InChI=1S/C22H22O2/c1-15-7-11-17(12-8-15)21(23)19-5-3-4-6-20(19)22(24)18-13-9-16(2)10-14-18/h3-14,21-24H,1-2H3/t21-,22-/m0/s1. The van der Waals surface area contributed by atoms with Crippen LogP contribution in [-0.4, -0.2) is 10.2 Å². The molecule has 0 heterocycles. The summed E-state index contributed by atoms with van der Waals surface area (Å²) in [6, 6.07) is 23.2. The largest absolute Gasteiger partial charge is 0.384 e. The van der Waals surface area contributed by atoms with Crippen molar-refractivity contribution in [1.82, 2.24) is 0 Å². The Kier molecular flexibility index (Phi) is 4.79. The SMILES string of the molecule is Cc1ccc([C@H](O)c2ccccc2[C@@H](O)c2ccc(C)cc2)cc1. The van der Waals surface area contributed by atoms with E-state index in [4.69, 9.17) is 0 Å². The molecule has 0 bridgehead atoms. The van der Waals surface area contributed by atoms with E-state index in [1.54, 1.807) is 0 Å². The molecule has 0 spiro atoms. The molecule has 3 aromatic rings. The third-order valence-corrected chi connectivity index (χ3v) is 4.37. The van der Waals surface area contributed by atoms with Gasteiger partial charge in [0.25, 0.3) is 0 Å². The minimum Gasteiger partial charge on any atom is -0.384 e. The second-order valence-electron chi connectivity index (χ2n) is 6.26. The van der Waals surface area contributed by atoms with Gasteiger partial charge in [-0.3, -0.25) is 0 Å². The molecule has 0 fully saturated rings. The average Bonchev–Trinajstić information content (AvgIpc) is 2.62. The molecule has 0 amide bonds. The number of aliphatic hydroxyl groups excluding tert-OH is 2. The van der Waals surface area contributed by atoms with Gasteiger partial charge < -0.3 is 10.2 Å². The van der Waals surface area contributed by atoms with Crippen molar-refractivity contribution in [2.45, 2.75) is 26.1 Å². The predicted octanol–water partition coefficient (Wildman–Crippen LogP) is 4.47. The Morgan fingerprint density at radius 3 is 1.21 bits per heavy atom. The van der Waals surface area contributed by atoms with Gasteiger partial charge in [0.05, 0.1) is 0 Å². The number of aryl methyl sites for hydroxylation is 2.